The number of halogens is 1. The Morgan fingerprint density at radius 3 is 2.77 bits per heavy atom. The van der Waals surface area contributed by atoms with E-state index in [4.69, 9.17) is 11.6 Å². The van der Waals surface area contributed by atoms with Crippen LogP contribution in [0.3, 0.4) is 0 Å². The molecule has 3 rings (SSSR count). The summed E-state index contributed by atoms with van der Waals surface area (Å²) >= 11 is 6.03. The van der Waals surface area contributed by atoms with Crippen molar-refractivity contribution in [3.05, 3.63) is 81.4 Å². The third-order valence-electron chi connectivity index (χ3n) is 3.26. The van der Waals surface area contributed by atoms with Gasteiger partial charge in [-0.15, -0.1) is 0 Å². The average molecular weight is 314 g/mol. The van der Waals surface area contributed by atoms with Gasteiger partial charge in [0.15, 0.2) is 0 Å². The van der Waals surface area contributed by atoms with Gasteiger partial charge in [0.1, 0.15) is 11.2 Å². The van der Waals surface area contributed by atoms with Crippen LogP contribution in [0.25, 0.3) is 5.65 Å². The molecule has 0 saturated heterocycles. The highest BCUT2D eigenvalue weighted by atomic mass is 35.5. The maximum Gasteiger partial charge on any atom is 0.270 e. The summed E-state index contributed by atoms with van der Waals surface area (Å²) in [5, 5.41) is 3.25. The zero-order valence-corrected chi connectivity index (χ0v) is 12.2. The molecule has 0 radical (unpaired) electrons. The highest BCUT2D eigenvalue weighted by Crippen LogP contribution is 2.14. The first-order valence-electron chi connectivity index (χ1n) is 6.65. The van der Waals surface area contributed by atoms with Gasteiger partial charge in [-0.2, -0.15) is 0 Å². The predicted molar refractivity (Wildman–Crippen MR) is 84.1 cm³/mol. The number of aromatic nitrogens is 2. The summed E-state index contributed by atoms with van der Waals surface area (Å²) in [6, 6.07) is 12.4. The van der Waals surface area contributed by atoms with Gasteiger partial charge in [0, 0.05) is 24.0 Å². The van der Waals surface area contributed by atoms with E-state index in [1.165, 1.54) is 10.6 Å². The number of pyridine rings is 1. The second-order valence-corrected chi connectivity index (χ2v) is 5.09. The lowest BCUT2D eigenvalue weighted by atomic mass is 10.2. The second-order valence-electron chi connectivity index (χ2n) is 4.68. The van der Waals surface area contributed by atoms with Gasteiger partial charge in [-0.25, -0.2) is 4.98 Å². The lowest BCUT2D eigenvalue weighted by molar-refractivity contribution is 0.0949. The van der Waals surface area contributed by atoms with Crippen LogP contribution in [0.4, 0.5) is 0 Å². The van der Waals surface area contributed by atoms with Gasteiger partial charge in [-0.05, 0) is 23.8 Å². The maximum absolute atomic E-state index is 12.3. The molecule has 6 heteroatoms. The third-order valence-corrected chi connectivity index (χ3v) is 3.62. The van der Waals surface area contributed by atoms with Crippen molar-refractivity contribution in [3.63, 3.8) is 0 Å². The number of hydrogen-bond donors (Lipinski definition) is 1. The van der Waals surface area contributed by atoms with E-state index in [0.717, 1.165) is 5.56 Å². The van der Waals surface area contributed by atoms with Crippen LogP contribution in [0.15, 0.2) is 59.7 Å². The standard InChI is InChI=1S/C16H12ClN3O2/c17-13-6-2-1-5-11(13)9-19-15(21)12-10-18-14-7-3-4-8-20(14)16(12)22/h1-8,10H,9H2,(H,19,21). The molecule has 0 fully saturated rings. The maximum atomic E-state index is 12.3. The molecule has 2 heterocycles. The normalized spacial score (nSPS) is 10.6. The molecule has 3 aromatic rings. The number of carbonyl (C=O) groups excluding carboxylic acids is 1. The largest absolute Gasteiger partial charge is 0.348 e. The van der Waals surface area contributed by atoms with Gasteiger partial charge in [0.25, 0.3) is 11.5 Å². The van der Waals surface area contributed by atoms with Crippen molar-refractivity contribution < 1.29 is 4.79 Å². The number of carbonyl (C=O) groups is 1. The van der Waals surface area contributed by atoms with E-state index in [1.807, 2.05) is 18.2 Å². The number of nitrogens with zero attached hydrogens (tertiary/aromatic N) is 2. The minimum Gasteiger partial charge on any atom is -0.348 e. The molecular weight excluding hydrogens is 302 g/mol. The molecule has 1 N–H and O–H groups in total. The monoisotopic (exact) mass is 313 g/mol. The molecule has 1 aromatic carbocycles. The average Bonchev–Trinajstić information content (AvgIpc) is 2.54. The molecule has 1 amide bonds. The van der Waals surface area contributed by atoms with Crippen LogP contribution in [0.5, 0.6) is 0 Å². The second kappa shape index (κ2) is 5.99. The van der Waals surface area contributed by atoms with Crippen molar-refractivity contribution in [2.24, 2.45) is 0 Å². The molecule has 0 atom stereocenters. The van der Waals surface area contributed by atoms with Crippen LogP contribution in [0, 0.1) is 0 Å². The smallest absolute Gasteiger partial charge is 0.270 e. The van der Waals surface area contributed by atoms with Gasteiger partial charge in [-0.1, -0.05) is 35.9 Å². The van der Waals surface area contributed by atoms with Crippen LogP contribution in [-0.4, -0.2) is 15.3 Å². The van der Waals surface area contributed by atoms with Crippen LogP contribution in [0.1, 0.15) is 15.9 Å². The molecule has 0 bridgehead atoms. The van der Waals surface area contributed by atoms with Crippen molar-refractivity contribution in [2.45, 2.75) is 6.54 Å². The molecule has 2 aromatic heterocycles. The summed E-state index contributed by atoms with van der Waals surface area (Å²) in [4.78, 5) is 28.6. The third kappa shape index (κ3) is 2.71. The molecule has 0 aliphatic heterocycles. The van der Waals surface area contributed by atoms with Crippen molar-refractivity contribution in [3.8, 4) is 0 Å². The first kappa shape index (κ1) is 14.3. The van der Waals surface area contributed by atoms with Crippen LogP contribution in [-0.2, 0) is 6.54 Å². The summed E-state index contributed by atoms with van der Waals surface area (Å²) in [5.41, 5.74) is 0.875. The molecule has 0 spiro atoms. The fourth-order valence-electron chi connectivity index (χ4n) is 2.09. The zero-order valence-electron chi connectivity index (χ0n) is 11.5. The Kier molecular flexibility index (Phi) is 3.89. The van der Waals surface area contributed by atoms with Gasteiger partial charge >= 0.3 is 0 Å². The molecule has 22 heavy (non-hydrogen) atoms. The first-order valence-corrected chi connectivity index (χ1v) is 7.02. The van der Waals surface area contributed by atoms with E-state index in [1.54, 1.807) is 30.5 Å². The van der Waals surface area contributed by atoms with Crippen LogP contribution in [0.2, 0.25) is 5.02 Å². The summed E-state index contributed by atoms with van der Waals surface area (Å²) < 4.78 is 1.34. The van der Waals surface area contributed by atoms with Gasteiger partial charge in [0.05, 0.1) is 0 Å². The summed E-state index contributed by atoms with van der Waals surface area (Å²) in [5.74, 6) is -0.476. The van der Waals surface area contributed by atoms with E-state index in [9.17, 15) is 9.59 Å². The van der Waals surface area contributed by atoms with E-state index in [2.05, 4.69) is 10.3 Å². The molecule has 0 unspecified atom stereocenters. The summed E-state index contributed by atoms with van der Waals surface area (Å²) in [7, 11) is 0. The Labute approximate surface area is 131 Å². The van der Waals surface area contributed by atoms with Crippen molar-refractivity contribution in [1.29, 1.82) is 0 Å². The van der Waals surface area contributed by atoms with E-state index >= 15 is 0 Å². The lowest BCUT2D eigenvalue weighted by Crippen LogP contribution is -2.31. The van der Waals surface area contributed by atoms with Crippen molar-refractivity contribution in [1.82, 2.24) is 14.7 Å². The van der Waals surface area contributed by atoms with E-state index < -0.39 is 11.5 Å². The van der Waals surface area contributed by atoms with Crippen LogP contribution < -0.4 is 10.9 Å². The Morgan fingerprint density at radius 2 is 1.95 bits per heavy atom. The zero-order chi connectivity index (χ0) is 15.5. The predicted octanol–water partition coefficient (Wildman–Crippen LogP) is 2.28. The number of amides is 1. The summed E-state index contributed by atoms with van der Waals surface area (Å²) in [6.07, 6.45) is 2.87. The quantitative estimate of drug-likeness (QED) is 0.807. The topological polar surface area (TPSA) is 63.5 Å². The SMILES string of the molecule is O=C(NCc1ccccc1Cl)c1cnc2ccccn2c1=O. The number of nitrogens with one attached hydrogen (secondary N) is 1. The fraction of sp³-hybridized carbons (Fsp3) is 0.0625. The molecule has 110 valence electrons. The Bertz CT molecular complexity index is 905. The highest BCUT2D eigenvalue weighted by Gasteiger charge is 2.13. The Balaban J connectivity index is 1.85. The number of benzene rings is 1. The minimum atomic E-state index is -0.476. The molecule has 0 aliphatic carbocycles. The molecule has 5 nitrogen and oxygen atoms in total. The van der Waals surface area contributed by atoms with E-state index in [-0.39, 0.29) is 12.1 Å². The number of fused-ring (bicyclic) bond motifs is 1. The highest BCUT2D eigenvalue weighted by molar-refractivity contribution is 6.31. The van der Waals surface area contributed by atoms with Crippen molar-refractivity contribution >= 4 is 23.2 Å². The first-order chi connectivity index (χ1) is 10.7. The fourth-order valence-corrected chi connectivity index (χ4v) is 2.30. The molecular formula is C16H12ClN3O2. The Morgan fingerprint density at radius 1 is 1.18 bits per heavy atom. The van der Waals surface area contributed by atoms with Gasteiger partial charge in [0.2, 0.25) is 0 Å². The van der Waals surface area contributed by atoms with Gasteiger partial charge in [-0.3, -0.25) is 14.0 Å². The van der Waals surface area contributed by atoms with Crippen molar-refractivity contribution in [2.75, 3.05) is 0 Å². The Hall–Kier alpha value is -2.66. The molecule has 0 aliphatic rings. The lowest BCUT2D eigenvalue weighted by Gasteiger charge is -2.07. The van der Waals surface area contributed by atoms with Crippen LogP contribution >= 0.6 is 11.6 Å². The van der Waals surface area contributed by atoms with E-state index in [0.29, 0.717) is 10.7 Å². The number of rotatable bonds is 3. The summed E-state index contributed by atoms with van der Waals surface area (Å²) in [6.45, 7) is 0.245. The van der Waals surface area contributed by atoms with Gasteiger partial charge < -0.3 is 5.32 Å². The molecule has 0 saturated carbocycles. The minimum absolute atomic E-state index is 0.00393. The number of hydrogen-bond acceptors (Lipinski definition) is 3.